The molecule has 1 saturated carbocycles. The molecule has 0 aromatic heterocycles. The number of nitrogens with one attached hydrogen (secondary N) is 3. The van der Waals surface area contributed by atoms with Gasteiger partial charge >= 0.3 is 0 Å². The first-order valence-electron chi connectivity index (χ1n) is 7.17. The Morgan fingerprint density at radius 3 is 2.42 bits per heavy atom. The quantitative estimate of drug-likeness (QED) is 0.397. The fraction of sp³-hybridized carbons (Fsp3) is 0.857. The molecule has 1 aliphatic carbocycles. The summed E-state index contributed by atoms with van der Waals surface area (Å²) in [5.41, 5.74) is -0.337. The highest BCUT2D eigenvalue weighted by Crippen LogP contribution is 2.28. The summed E-state index contributed by atoms with van der Waals surface area (Å²) in [7, 11) is 0. The van der Waals surface area contributed by atoms with Gasteiger partial charge in [-0.15, -0.1) is 0 Å². The van der Waals surface area contributed by atoms with Crippen molar-refractivity contribution in [1.29, 1.82) is 0 Å². The lowest BCUT2D eigenvalue weighted by molar-refractivity contribution is -0.128. The Hall–Kier alpha value is -1.26. The molecule has 1 fully saturated rings. The van der Waals surface area contributed by atoms with E-state index in [9.17, 15) is 4.79 Å². The molecule has 0 heterocycles. The zero-order chi connectivity index (χ0) is 14.5. The summed E-state index contributed by atoms with van der Waals surface area (Å²) in [5.74, 6) is 1.66. The molecule has 5 heteroatoms. The normalized spacial score (nSPS) is 22.9. The summed E-state index contributed by atoms with van der Waals surface area (Å²) in [6.45, 7) is 12.0. The highest BCUT2D eigenvalue weighted by Gasteiger charge is 2.33. The third kappa shape index (κ3) is 5.94. The predicted octanol–water partition coefficient (Wildman–Crippen LogP) is 1.11. The Kier molecular flexibility index (Phi) is 5.63. The Bertz CT molecular complexity index is 333. The molecule has 1 amide bonds. The fourth-order valence-electron chi connectivity index (χ4n) is 1.62. The summed E-state index contributed by atoms with van der Waals surface area (Å²) in [4.78, 5) is 16.1. The number of carbonyl (C=O) groups excluding carboxylic acids is 1. The molecule has 0 saturated heterocycles. The van der Waals surface area contributed by atoms with Crippen molar-refractivity contribution in [3.8, 4) is 0 Å². The molecule has 0 aliphatic heterocycles. The molecule has 110 valence electrons. The first-order valence-corrected chi connectivity index (χ1v) is 7.17. The Morgan fingerprint density at radius 1 is 1.32 bits per heavy atom. The van der Waals surface area contributed by atoms with Crippen molar-refractivity contribution in [2.75, 3.05) is 19.6 Å². The fourth-order valence-corrected chi connectivity index (χ4v) is 1.62. The van der Waals surface area contributed by atoms with Gasteiger partial charge in [0.2, 0.25) is 5.91 Å². The molecule has 0 spiro atoms. The number of hydrogen-bond donors (Lipinski definition) is 3. The lowest BCUT2D eigenvalue weighted by Gasteiger charge is -2.17. The van der Waals surface area contributed by atoms with E-state index < -0.39 is 0 Å². The monoisotopic (exact) mass is 268 g/mol. The van der Waals surface area contributed by atoms with Gasteiger partial charge in [-0.2, -0.15) is 0 Å². The number of nitrogens with zero attached hydrogens (tertiary/aromatic N) is 1. The van der Waals surface area contributed by atoms with E-state index in [1.165, 1.54) is 6.42 Å². The third-order valence-corrected chi connectivity index (χ3v) is 3.12. The van der Waals surface area contributed by atoms with Crippen LogP contribution in [0.25, 0.3) is 0 Å². The molecule has 3 N–H and O–H groups in total. The molecule has 0 aromatic carbocycles. The number of rotatable bonds is 5. The standard InChI is InChI=1S/C14H28N4O/c1-6-15-13(18-11-9-10(11)2)17-8-7-16-12(19)14(3,4)5/h10-11H,6-9H2,1-5H3,(H,16,19)(H2,15,17,18). The van der Waals surface area contributed by atoms with Crippen molar-refractivity contribution < 1.29 is 4.79 Å². The minimum atomic E-state index is -0.337. The summed E-state index contributed by atoms with van der Waals surface area (Å²) >= 11 is 0. The molecule has 19 heavy (non-hydrogen) atoms. The molecule has 1 rings (SSSR count). The smallest absolute Gasteiger partial charge is 0.225 e. The van der Waals surface area contributed by atoms with Crippen LogP contribution < -0.4 is 16.0 Å². The van der Waals surface area contributed by atoms with Crippen LogP contribution in [-0.4, -0.2) is 37.5 Å². The van der Waals surface area contributed by atoms with Gasteiger partial charge in [0.15, 0.2) is 5.96 Å². The van der Waals surface area contributed by atoms with E-state index in [4.69, 9.17) is 0 Å². The van der Waals surface area contributed by atoms with Crippen LogP contribution in [0.2, 0.25) is 0 Å². The molecule has 0 radical (unpaired) electrons. The van der Waals surface area contributed by atoms with Gasteiger partial charge in [-0.1, -0.05) is 27.7 Å². The Morgan fingerprint density at radius 2 is 1.95 bits per heavy atom. The van der Waals surface area contributed by atoms with E-state index in [1.807, 2.05) is 20.8 Å². The third-order valence-electron chi connectivity index (χ3n) is 3.12. The number of aliphatic imine (C=N–C) groups is 1. The van der Waals surface area contributed by atoms with Gasteiger partial charge in [0.05, 0.1) is 6.54 Å². The lowest BCUT2D eigenvalue weighted by atomic mass is 9.96. The number of carbonyl (C=O) groups is 1. The first-order chi connectivity index (χ1) is 8.84. The summed E-state index contributed by atoms with van der Waals surface area (Å²) < 4.78 is 0. The van der Waals surface area contributed by atoms with Crippen LogP contribution >= 0.6 is 0 Å². The highest BCUT2D eigenvalue weighted by atomic mass is 16.2. The molecule has 1 aliphatic rings. The van der Waals surface area contributed by atoms with Gasteiger partial charge in [-0.3, -0.25) is 9.79 Å². The maximum atomic E-state index is 11.7. The first kappa shape index (κ1) is 15.8. The van der Waals surface area contributed by atoms with Crippen LogP contribution in [0.5, 0.6) is 0 Å². The van der Waals surface area contributed by atoms with Gasteiger partial charge in [0.1, 0.15) is 0 Å². The average molecular weight is 268 g/mol. The van der Waals surface area contributed by atoms with E-state index >= 15 is 0 Å². The molecular formula is C14H28N4O. The van der Waals surface area contributed by atoms with Crippen molar-refractivity contribution in [1.82, 2.24) is 16.0 Å². The lowest BCUT2D eigenvalue weighted by Crippen LogP contribution is -2.40. The van der Waals surface area contributed by atoms with Crippen LogP contribution in [0, 0.1) is 11.3 Å². The van der Waals surface area contributed by atoms with Gasteiger partial charge < -0.3 is 16.0 Å². The second-order valence-corrected chi connectivity index (χ2v) is 6.23. The van der Waals surface area contributed by atoms with E-state index in [-0.39, 0.29) is 11.3 Å². The SMILES string of the molecule is CCNC(=NCCNC(=O)C(C)(C)C)NC1CC1C. The van der Waals surface area contributed by atoms with Gasteiger partial charge in [0, 0.05) is 24.5 Å². The zero-order valence-electron chi connectivity index (χ0n) is 12.8. The summed E-state index contributed by atoms with van der Waals surface area (Å²) in [5, 5.41) is 9.50. The van der Waals surface area contributed by atoms with E-state index in [0.717, 1.165) is 18.4 Å². The highest BCUT2D eigenvalue weighted by molar-refractivity contribution is 5.81. The van der Waals surface area contributed by atoms with Gasteiger partial charge in [-0.05, 0) is 19.3 Å². The van der Waals surface area contributed by atoms with E-state index in [1.54, 1.807) is 0 Å². The topological polar surface area (TPSA) is 65.5 Å². The Balaban J connectivity index is 2.29. The van der Waals surface area contributed by atoms with Crippen LogP contribution in [0.15, 0.2) is 4.99 Å². The van der Waals surface area contributed by atoms with Crippen LogP contribution in [-0.2, 0) is 4.79 Å². The largest absolute Gasteiger partial charge is 0.357 e. The van der Waals surface area contributed by atoms with E-state index in [0.29, 0.717) is 19.1 Å². The van der Waals surface area contributed by atoms with Crippen LogP contribution in [0.1, 0.15) is 41.0 Å². The minimum Gasteiger partial charge on any atom is -0.357 e. The second kappa shape index (κ2) is 6.78. The van der Waals surface area contributed by atoms with Crippen LogP contribution in [0.3, 0.4) is 0 Å². The molecule has 0 aromatic rings. The predicted molar refractivity (Wildman–Crippen MR) is 79.1 cm³/mol. The maximum Gasteiger partial charge on any atom is 0.225 e. The van der Waals surface area contributed by atoms with Crippen molar-refractivity contribution in [3.63, 3.8) is 0 Å². The van der Waals surface area contributed by atoms with Crippen molar-refractivity contribution in [2.45, 2.75) is 47.1 Å². The molecule has 2 atom stereocenters. The summed E-state index contributed by atoms with van der Waals surface area (Å²) in [6.07, 6.45) is 1.21. The maximum absolute atomic E-state index is 11.7. The molecular weight excluding hydrogens is 240 g/mol. The summed E-state index contributed by atoms with van der Waals surface area (Å²) in [6, 6.07) is 0.557. The average Bonchev–Trinajstić information content (AvgIpc) is 2.99. The number of hydrogen-bond acceptors (Lipinski definition) is 2. The van der Waals surface area contributed by atoms with Crippen LogP contribution in [0.4, 0.5) is 0 Å². The molecule has 2 unspecified atom stereocenters. The van der Waals surface area contributed by atoms with Gasteiger partial charge in [0.25, 0.3) is 0 Å². The zero-order valence-corrected chi connectivity index (χ0v) is 12.8. The number of guanidine groups is 1. The minimum absolute atomic E-state index is 0.0662. The van der Waals surface area contributed by atoms with Gasteiger partial charge in [-0.25, -0.2) is 0 Å². The Labute approximate surface area is 116 Å². The van der Waals surface area contributed by atoms with Crippen molar-refractivity contribution in [3.05, 3.63) is 0 Å². The number of amides is 1. The molecule has 5 nitrogen and oxygen atoms in total. The second-order valence-electron chi connectivity index (χ2n) is 6.23. The van der Waals surface area contributed by atoms with E-state index in [2.05, 4.69) is 34.8 Å². The van der Waals surface area contributed by atoms with Crippen molar-refractivity contribution >= 4 is 11.9 Å². The van der Waals surface area contributed by atoms with Crippen molar-refractivity contribution in [2.24, 2.45) is 16.3 Å². The molecule has 0 bridgehead atoms.